The molecule has 0 fully saturated rings. The number of carbonyl (C=O) groups excluding carboxylic acids is 1. The Labute approximate surface area is 203 Å². The third kappa shape index (κ3) is 5.18. The van der Waals surface area contributed by atoms with Crippen LogP contribution in [0.5, 0.6) is 11.5 Å². The Hall–Kier alpha value is -3.90. The van der Waals surface area contributed by atoms with E-state index in [1.807, 2.05) is 61.5 Å². The van der Waals surface area contributed by atoms with Crippen LogP contribution < -0.4 is 14.8 Å². The molecule has 6 nitrogen and oxygen atoms in total. The number of aliphatic imine (C=N–C) groups is 2. The van der Waals surface area contributed by atoms with Crippen molar-refractivity contribution in [1.29, 1.82) is 0 Å². The first-order valence-corrected chi connectivity index (χ1v) is 11.1. The average Bonchev–Trinajstić information content (AvgIpc) is 2.98. The van der Waals surface area contributed by atoms with Crippen molar-refractivity contribution in [2.45, 2.75) is 12.8 Å². The normalized spacial score (nSPS) is 15.1. The van der Waals surface area contributed by atoms with E-state index >= 15 is 0 Å². The van der Waals surface area contributed by atoms with Crippen molar-refractivity contribution in [2.75, 3.05) is 14.2 Å². The molecule has 0 saturated heterocycles. The third-order valence-corrected chi connectivity index (χ3v) is 5.65. The van der Waals surface area contributed by atoms with Gasteiger partial charge in [-0.3, -0.25) is 9.79 Å². The predicted molar refractivity (Wildman–Crippen MR) is 137 cm³/mol. The molecule has 172 valence electrons. The Balaban J connectivity index is 1.65. The molecule has 0 radical (unpaired) electrons. The van der Waals surface area contributed by atoms with E-state index in [0.717, 1.165) is 22.5 Å². The van der Waals surface area contributed by atoms with E-state index in [9.17, 15) is 4.79 Å². The van der Waals surface area contributed by atoms with Crippen LogP contribution in [-0.4, -0.2) is 31.7 Å². The Morgan fingerprint density at radius 3 is 2.29 bits per heavy atom. The molecule has 1 atom stereocenters. The summed E-state index contributed by atoms with van der Waals surface area (Å²) < 4.78 is 10.6. The number of rotatable bonds is 5. The number of amides is 1. The van der Waals surface area contributed by atoms with E-state index in [4.69, 9.17) is 31.1 Å². The molecule has 1 amide bonds. The summed E-state index contributed by atoms with van der Waals surface area (Å²) in [5.74, 6) is 1.07. The van der Waals surface area contributed by atoms with Crippen molar-refractivity contribution < 1.29 is 14.3 Å². The summed E-state index contributed by atoms with van der Waals surface area (Å²) in [4.78, 5) is 22.5. The SMILES string of the molecule is COc1ccc(/C=C/C(=O)NC2=Nc3ccccc3N=C(C)[C@@H]2c2ccc(Cl)cc2)cc1OC. The number of nitrogens with zero attached hydrogens (tertiary/aromatic N) is 2. The second-order valence-electron chi connectivity index (χ2n) is 7.66. The lowest BCUT2D eigenvalue weighted by molar-refractivity contribution is -0.115. The average molecular weight is 474 g/mol. The molecule has 0 unspecified atom stereocenters. The monoisotopic (exact) mass is 473 g/mol. The molecule has 34 heavy (non-hydrogen) atoms. The predicted octanol–water partition coefficient (Wildman–Crippen LogP) is 6.11. The van der Waals surface area contributed by atoms with Gasteiger partial charge < -0.3 is 14.8 Å². The van der Waals surface area contributed by atoms with Crippen LogP contribution >= 0.6 is 11.6 Å². The molecule has 1 heterocycles. The van der Waals surface area contributed by atoms with E-state index in [1.54, 1.807) is 32.4 Å². The van der Waals surface area contributed by atoms with Gasteiger partial charge >= 0.3 is 0 Å². The van der Waals surface area contributed by atoms with Gasteiger partial charge in [0.25, 0.3) is 0 Å². The van der Waals surface area contributed by atoms with Gasteiger partial charge in [-0.1, -0.05) is 41.9 Å². The fourth-order valence-electron chi connectivity index (χ4n) is 3.75. The van der Waals surface area contributed by atoms with Gasteiger partial charge in [-0.05, 0) is 60.5 Å². The summed E-state index contributed by atoms with van der Waals surface area (Å²) >= 11 is 6.10. The Morgan fingerprint density at radius 1 is 0.941 bits per heavy atom. The number of fused-ring (bicyclic) bond motifs is 1. The summed E-state index contributed by atoms with van der Waals surface area (Å²) in [7, 11) is 3.15. The minimum atomic E-state index is -0.330. The highest BCUT2D eigenvalue weighted by Gasteiger charge is 2.26. The van der Waals surface area contributed by atoms with Gasteiger partial charge in [0.1, 0.15) is 5.84 Å². The van der Waals surface area contributed by atoms with Gasteiger partial charge in [0.05, 0.1) is 31.5 Å². The van der Waals surface area contributed by atoms with E-state index in [-0.39, 0.29) is 11.8 Å². The van der Waals surface area contributed by atoms with Crippen LogP contribution in [0.25, 0.3) is 6.08 Å². The molecule has 0 aromatic heterocycles. The van der Waals surface area contributed by atoms with E-state index < -0.39 is 0 Å². The number of nitrogens with one attached hydrogen (secondary N) is 1. The molecule has 3 aromatic rings. The molecule has 0 aliphatic carbocycles. The summed E-state index contributed by atoms with van der Waals surface area (Å²) in [6.07, 6.45) is 3.17. The van der Waals surface area contributed by atoms with Gasteiger partial charge in [0, 0.05) is 16.8 Å². The molecular weight excluding hydrogens is 450 g/mol. The molecule has 0 saturated carbocycles. The van der Waals surface area contributed by atoms with Crippen LogP contribution in [0.15, 0.2) is 82.8 Å². The van der Waals surface area contributed by atoms with Crippen LogP contribution in [0.2, 0.25) is 5.02 Å². The van der Waals surface area contributed by atoms with Gasteiger partial charge in [0.15, 0.2) is 11.5 Å². The van der Waals surface area contributed by atoms with Gasteiger partial charge in [0.2, 0.25) is 5.91 Å². The fraction of sp³-hybridized carbons (Fsp3) is 0.148. The summed E-state index contributed by atoms with van der Waals surface area (Å²) in [6, 6.07) is 20.5. The summed E-state index contributed by atoms with van der Waals surface area (Å²) in [5.41, 5.74) is 3.99. The highest BCUT2D eigenvalue weighted by Crippen LogP contribution is 2.34. The minimum Gasteiger partial charge on any atom is -0.493 e. The number of hydrogen-bond donors (Lipinski definition) is 1. The van der Waals surface area contributed by atoms with E-state index in [2.05, 4.69) is 5.32 Å². The highest BCUT2D eigenvalue weighted by molar-refractivity contribution is 6.30. The molecule has 1 N–H and O–H groups in total. The maximum Gasteiger partial charge on any atom is 0.249 e. The quantitative estimate of drug-likeness (QED) is 0.454. The van der Waals surface area contributed by atoms with Gasteiger partial charge in [-0.2, -0.15) is 0 Å². The third-order valence-electron chi connectivity index (χ3n) is 5.40. The lowest BCUT2D eigenvalue weighted by Crippen LogP contribution is -2.36. The zero-order valence-electron chi connectivity index (χ0n) is 19.1. The Morgan fingerprint density at radius 2 is 1.62 bits per heavy atom. The van der Waals surface area contributed by atoms with Crippen molar-refractivity contribution >= 4 is 46.5 Å². The first-order chi connectivity index (χ1) is 16.5. The number of halogens is 1. The smallest absolute Gasteiger partial charge is 0.249 e. The maximum absolute atomic E-state index is 12.9. The van der Waals surface area contributed by atoms with Crippen LogP contribution in [-0.2, 0) is 4.79 Å². The molecule has 0 spiro atoms. The highest BCUT2D eigenvalue weighted by atomic mass is 35.5. The van der Waals surface area contributed by atoms with Crippen molar-refractivity contribution in [3.63, 3.8) is 0 Å². The molecule has 3 aromatic carbocycles. The first kappa shape index (κ1) is 23.3. The van der Waals surface area contributed by atoms with Crippen molar-refractivity contribution in [3.8, 4) is 11.5 Å². The molecule has 1 aliphatic rings. The van der Waals surface area contributed by atoms with Crippen LogP contribution in [0.3, 0.4) is 0 Å². The summed E-state index contributed by atoms with van der Waals surface area (Å²) in [6.45, 7) is 1.93. The molecule has 7 heteroatoms. The molecule has 0 bridgehead atoms. The Bertz CT molecular complexity index is 1300. The minimum absolute atomic E-state index is 0.306. The van der Waals surface area contributed by atoms with Gasteiger partial charge in [-0.25, -0.2) is 4.99 Å². The lowest BCUT2D eigenvalue weighted by Gasteiger charge is -2.19. The topological polar surface area (TPSA) is 72.3 Å². The first-order valence-electron chi connectivity index (χ1n) is 10.7. The second-order valence-corrected chi connectivity index (χ2v) is 8.10. The summed E-state index contributed by atoms with van der Waals surface area (Å²) in [5, 5.41) is 3.60. The van der Waals surface area contributed by atoms with Crippen molar-refractivity contribution in [1.82, 2.24) is 5.32 Å². The van der Waals surface area contributed by atoms with E-state index in [0.29, 0.717) is 28.0 Å². The standard InChI is InChI=1S/C27H24ClN3O3/c1-17-26(19-10-12-20(28)13-11-19)27(30-22-7-5-4-6-21(22)29-17)31-25(32)15-9-18-8-14-23(33-2)24(16-18)34-3/h4-16,26H,1-3H3,(H,30,31,32)/b15-9+/t26-/m1/s1. The van der Waals surface area contributed by atoms with Gasteiger partial charge in [-0.15, -0.1) is 0 Å². The van der Waals surface area contributed by atoms with Crippen LogP contribution in [0.4, 0.5) is 11.4 Å². The number of benzene rings is 3. The number of carbonyl (C=O) groups is 1. The number of methoxy groups -OCH3 is 2. The van der Waals surface area contributed by atoms with Crippen LogP contribution in [0, 0.1) is 0 Å². The fourth-order valence-corrected chi connectivity index (χ4v) is 3.88. The van der Waals surface area contributed by atoms with Crippen molar-refractivity contribution in [2.24, 2.45) is 9.98 Å². The molecular formula is C27H24ClN3O3. The molecule has 1 aliphatic heterocycles. The lowest BCUT2D eigenvalue weighted by atomic mass is 9.93. The number of hydrogen-bond acceptors (Lipinski definition) is 5. The zero-order valence-corrected chi connectivity index (χ0v) is 19.8. The number of amidine groups is 1. The van der Waals surface area contributed by atoms with Crippen LogP contribution in [0.1, 0.15) is 24.0 Å². The Kier molecular flexibility index (Phi) is 7.09. The zero-order chi connectivity index (χ0) is 24.1. The maximum atomic E-state index is 12.9. The largest absolute Gasteiger partial charge is 0.493 e. The number of para-hydroxylation sites is 2. The number of ether oxygens (including phenoxy) is 2. The molecule has 4 rings (SSSR count). The van der Waals surface area contributed by atoms with E-state index in [1.165, 1.54) is 6.08 Å². The second kappa shape index (κ2) is 10.4. The van der Waals surface area contributed by atoms with Crippen molar-refractivity contribution in [3.05, 3.63) is 89.0 Å².